The number of aliphatic hydroxyl groups excluding tert-OH is 2. The summed E-state index contributed by atoms with van der Waals surface area (Å²) >= 11 is 0. The van der Waals surface area contributed by atoms with E-state index < -0.39 is 12.2 Å². The van der Waals surface area contributed by atoms with E-state index in [9.17, 15) is 10.2 Å². The third-order valence-electron chi connectivity index (χ3n) is 4.54. The van der Waals surface area contributed by atoms with Crippen molar-refractivity contribution in [2.45, 2.75) is 18.6 Å². The molecule has 172 valence electrons. The minimum absolute atomic E-state index is 0.232. The fourth-order valence-corrected chi connectivity index (χ4v) is 2.89. The maximum absolute atomic E-state index is 9.87. The second-order valence-electron chi connectivity index (χ2n) is 7.38. The molecule has 0 heterocycles. The normalized spacial score (nSPS) is 13.0. The van der Waals surface area contributed by atoms with Crippen LogP contribution in [0.3, 0.4) is 0 Å². The van der Waals surface area contributed by atoms with Crippen molar-refractivity contribution < 1.29 is 19.7 Å². The van der Waals surface area contributed by atoms with E-state index in [1.165, 1.54) is 0 Å². The zero-order valence-electron chi connectivity index (χ0n) is 18.0. The van der Waals surface area contributed by atoms with Crippen LogP contribution in [-0.4, -0.2) is 74.9 Å². The zero-order chi connectivity index (χ0) is 22.3. The molecule has 2 aromatic carbocycles. The lowest BCUT2D eigenvalue weighted by molar-refractivity contribution is 0.107. The number of hydrogen-bond donors (Lipinski definition) is 6. The number of aliphatic hydroxyl groups is 2. The SMILES string of the molecule is NCCNCC(O)COc1ccc(Cc2ccc(OCC(O)CNCCN)cc2)cc1. The Bertz CT molecular complexity index is 651. The van der Waals surface area contributed by atoms with Gasteiger partial charge in [-0.3, -0.25) is 0 Å². The minimum atomic E-state index is -0.574. The molecule has 0 saturated heterocycles. The maximum atomic E-state index is 9.87. The van der Waals surface area contributed by atoms with Crippen LogP contribution in [-0.2, 0) is 6.42 Å². The number of hydrogen-bond acceptors (Lipinski definition) is 8. The highest BCUT2D eigenvalue weighted by Crippen LogP contribution is 2.18. The fourth-order valence-electron chi connectivity index (χ4n) is 2.89. The van der Waals surface area contributed by atoms with Crippen molar-refractivity contribution in [3.63, 3.8) is 0 Å². The van der Waals surface area contributed by atoms with E-state index in [0.29, 0.717) is 39.3 Å². The first-order chi connectivity index (χ1) is 15.1. The van der Waals surface area contributed by atoms with Crippen molar-refractivity contribution in [1.82, 2.24) is 10.6 Å². The van der Waals surface area contributed by atoms with Crippen molar-refractivity contribution in [3.8, 4) is 11.5 Å². The molecule has 0 radical (unpaired) electrons. The topological polar surface area (TPSA) is 135 Å². The Morgan fingerprint density at radius 3 is 1.42 bits per heavy atom. The molecule has 8 nitrogen and oxygen atoms in total. The molecule has 8 N–H and O–H groups in total. The second-order valence-corrected chi connectivity index (χ2v) is 7.38. The largest absolute Gasteiger partial charge is 0.491 e. The van der Waals surface area contributed by atoms with Crippen LogP contribution < -0.4 is 31.6 Å². The van der Waals surface area contributed by atoms with E-state index in [2.05, 4.69) is 10.6 Å². The Hall–Kier alpha value is -2.20. The van der Waals surface area contributed by atoms with Crippen molar-refractivity contribution in [1.29, 1.82) is 0 Å². The van der Waals surface area contributed by atoms with Crippen LogP contribution in [0.5, 0.6) is 11.5 Å². The van der Waals surface area contributed by atoms with E-state index in [-0.39, 0.29) is 13.2 Å². The van der Waals surface area contributed by atoms with Crippen LogP contribution in [0.1, 0.15) is 11.1 Å². The van der Waals surface area contributed by atoms with Gasteiger partial charge in [0.25, 0.3) is 0 Å². The fraction of sp³-hybridized carbons (Fsp3) is 0.478. The first-order valence-corrected chi connectivity index (χ1v) is 10.7. The van der Waals surface area contributed by atoms with Crippen LogP contribution in [0.2, 0.25) is 0 Å². The minimum Gasteiger partial charge on any atom is -0.491 e. The molecule has 0 bridgehead atoms. The molecule has 8 heteroatoms. The van der Waals surface area contributed by atoms with Crippen LogP contribution in [0.4, 0.5) is 0 Å². The lowest BCUT2D eigenvalue weighted by Crippen LogP contribution is -2.34. The first kappa shape index (κ1) is 25.1. The van der Waals surface area contributed by atoms with Crippen LogP contribution in [0.25, 0.3) is 0 Å². The molecule has 2 unspecified atom stereocenters. The first-order valence-electron chi connectivity index (χ1n) is 10.7. The third-order valence-corrected chi connectivity index (χ3v) is 4.54. The van der Waals surface area contributed by atoms with Crippen molar-refractivity contribution in [2.75, 3.05) is 52.5 Å². The Balaban J connectivity index is 1.72. The predicted molar refractivity (Wildman–Crippen MR) is 123 cm³/mol. The summed E-state index contributed by atoms with van der Waals surface area (Å²) in [7, 11) is 0. The van der Waals surface area contributed by atoms with Gasteiger partial charge in [0.2, 0.25) is 0 Å². The van der Waals surface area contributed by atoms with Crippen LogP contribution in [0.15, 0.2) is 48.5 Å². The van der Waals surface area contributed by atoms with Gasteiger partial charge in [-0.25, -0.2) is 0 Å². The molecular weight excluding hydrogens is 396 g/mol. The van der Waals surface area contributed by atoms with Crippen molar-refractivity contribution >= 4 is 0 Å². The quantitative estimate of drug-likeness (QED) is 0.202. The average molecular weight is 433 g/mol. The van der Waals surface area contributed by atoms with E-state index in [4.69, 9.17) is 20.9 Å². The van der Waals surface area contributed by atoms with Crippen LogP contribution >= 0.6 is 0 Å². The monoisotopic (exact) mass is 432 g/mol. The Labute approximate surface area is 184 Å². The molecule has 2 atom stereocenters. The smallest absolute Gasteiger partial charge is 0.119 e. The molecule has 0 aliphatic heterocycles. The highest BCUT2D eigenvalue weighted by molar-refractivity contribution is 5.34. The standard InChI is InChI=1S/C23H36N4O4/c24-9-11-26-14-20(28)16-30-22-5-1-18(2-6-22)13-19-3-7-23(8-4-19)31-17-21(29)15-27-12-10-25/h1-8,20-21,26-29H,9-17,24-25H2. The van der Waals surface area contributed by atoms with Gasteiger partial charge in [0.1, 0.15) is 36.9 Å². The lowest BCUT2D eigenvalue weighted by Gasteiger charge is -2.14. The molecule has 31 heavy (non-hydrogen) atoms. The van der Waals surface area contributed by atoms with Crippen molar-refractivity contribution in [3.05, 3.63) is 59.7 Å². The molecule has 0 aliphatic carbocycles. The molecule has 0 aliphatic rings. The van der Waals surface area contributed by atoms with E-state index in [1.807, 2.05) is 48.5 Å². The summed E-state index contributed by atoms with van der Waals surface area (Å²) in [4.78, 5) is 0. The van der Waals surface area contributed by atoms with E-state index >= 15 is 0 Å². The summed E-state index contributed by atoms with van der Waals surface area (Å²) < 4.78 is 11.3. The predicted octanol–water partition coefficient (Wildman–Crippen LogP) is -0.147. The third kappa shape index (κ3) is 10.6. The summed E-state index contributed by atoms with van der Waals surface area (Å²) in [5.74, 6) is 1.45. The lowest BCUT2D eigenvalue weighted by atomic mass is 10.0. The van der Waals surface area contributed by atoms with Gasteiger partial charge >= 0.3 is 0 Å². The number of rotatable bonds is 16. The summed E-state index contributed by atoms with van der Waals surface area (Å²) in [6, 6.07) is 15.7. The molecule has 2 rings (SSSR count). The molecule has 2 aromatic rings. The van der Waals surface area contributed by atoms with Crippen molar-refractivity contribution in [2.24, 2.45) is 11.5 Å². The van der Waals surface area contributed by atoms with E-state index in [0.717, 1.165) is 29.0 Å². The highest BCUT2D eigenvalue weighted by Gasteiger charge is 2.06. The van der Waals surface area contributed by atoms with Gasteiger partial charge in [-0.2, -0.15) is 0 Å². The summed E-state index contributed by atoms with van der Waals surface area (Å²) in [5.41, 5.74) is 13.1. The number of ether oxygens (including phenoxy) is 2. The molecule has 0 amide bonds. The summed E-state index contributed by atoms with van der Waals surface area (Å²) in [5, 5.41) is 25.8. The Morgan fingerprint density at radius 2 is 1.06 bits per heavy atom. The number of nitrogens with two attached hydrogens (primary N) is 2. The number of nitrogens with one attached hydrogen (secondary N) is 2. The van der Waals surface area contributed by atoms with Gasteiger partial charge in [0.05, 0.1) is 0 Å². The van der Waals surface area contributed by atoms with Crippen LogP contribution in [0, 0.1) is 0 Å². The average Bonchev–Trinajstić information content (AvgIpc) is 2.78. The number of benzene rings is 2. The van der Waals surface area contributed by atoms with Gasteiger partial charge in [-0.05, 0) is 41.8 Å². The maximum Gasteiger partial charge on any atom is 0.119 e. The van der Waals surface area contributed by atoms with Gasteiger partial charge in [0, 0.05) is 39.3 Å². The molecule has 0 spiro atoms. The molecular formula is C23H36N4O4. The Kier molecular flexibility index (Phi) is 11.9. The summed E-state index contributed by atoms with van der Waals surface area (Å²) in [6.07, 6.45) is -0.358. The van der Waals surface area contributed by atoms with Gasteiger partial charge in [-0.1, -0.05) is 24.3 Å². The Morgan fingerprint density at radius 1 is 0.677 bits per heavy atom. The van der Waals surface area contributed by atoms with Gasteiger partial charge in [-0.15, -0.1) is 0 Å². The summed E-state index contributed by atoms with van der Waals surface area (Å²) in [6.45, 7) is 3.81. The molecule has 0 saturated carbocycles. The molecule has 0 fully saturated rings. The van der Waals surface area contributed by atoms with Gasteiger partial charge < -0.3 is 41.8 Å². The molecule has 0 aromatic heterocycles. The zero-order valence-corrected chi connectivity index (χ0v) is 18.0. The second kappa shape index (κ2) is 14.7. The van der Waals surface area contributed by atoms with E-state index in [1.54, 1.807) is 0 Å². The van der Waals surface area contributed by atoms with Gasteiger partial charge in [0.15, 0.2) is 0 Å². The highest BCUT2D eigenvalue weighted by atomic mass is 16.5.